The zero-order chi connectivity index (χ0) is 21.3. The number of hydrogen-bond acceptors (Lipinski definition) is 3. The van der Waals surface area contributed by atoms with Crippen molar-refractivity contribution in [3.8, 4) is 0 Å². The highest BCUT2D eigenvalue weighted by Gasteiger charge is 2.38. The number of carbonyl (C=O) groups excluding carboxylic acids is 1. The Morgan fingerprint density at radius 2 is 1.77 bits per heavy atom. The van der Waals surface area contributed by atoms with Crippen LogP contribution in [0.3, 0.4) is 0 Å². The third-order valence-electron chi connectivity index (χ3n) is 6.66. The molecule has 4 atom stereocenters. The maximum absolute atomic E-state index is 13.6. The van der Waals surface area contributed by atoms with E-state index in [0.29, 0.717) is 25.8 Å². The van der Waals surface area contributed by atoms with Crippen molar-refractivity contribution in [2.45, 2.75) is 76.4 Å². The SMILES string of the molecule is O=C(O)CCCCCCC1CC(O)CCC1C(=O)N1CC=CCC1c1ccccc1. The van der Waals surface area contributed by atoms with Gasteiger partial charge in [-0.3, -0.25) is 9.59 Å². The minimum absolute atomic E-state index is 0.0230. The summed E-state index contributed by atoms with van der Waals surface area (Å²) in [5.41, 5.74) is 1.18. The van der Waals surface area contributed by atoms with E-state index in [1.54, 1.807) is 0 Å². The van der Waals surface area contributed by atoms with Crippen LogP contribution in [0, 0.1) is 11.8 Å². The van der Waals surface area contributed by atoms with E-state index in [4.69, 9.17) is 5.11 Å². The monoisotopic (exact) mass is 413 g/mol. The molecule has 1 aromatic rings. The van der Waals surface area contributed by atoms with E-state index in [-0.39, 0.29) is 36.3 Å². The normalized spacial score (nSPS) is 26.5. The van der Waals surface area contributed by atoms with Crippen LogP contribution in [0.4, 0.5) is 0 Å². The number of hydrogen-bond donors (Lipinski definition) is 2. The molecular weight excluding hydrogens is 378 g/mol. The molecule has 0 bridgehead atoms. The first-order valence-corrected chi connectivity index (χ1v) is 11.5. The van der Waals surface area contributed by atoms with E-state index >= 15 is 0 Å². The van der Waals surface area contributed by atoms with Crippen LogP contribution in [0.5, 0.6) is 0 Å². The predicted octanol–water partition coefficient (Wildman–Crippen LogP) is 4.72. The van der Waals surface area contributed by atoms with Gasteiger partial charge in [0.05, 0.1) is 12.1 Å². The van der Waals surface area contributed by atoms with Gasteiger partial charge < -0.3 is 15.1 Å². The first kappa shape index (κ1) is 22.5. The Hall–Kier alpha value is -2.14. The molecule has 2 aliphatic rings. The largest absolute Gasteiger partial charge is 0.481 e. The van der Waals surface area contributed by atoms with Crippen molar-refractivity contribution in [2.75, 3.05) is 6.54 Å². The van der Waals surface area contributed by atoms with Crippen molar-refractivity contribution < 1.29 is 19.8 Å². The van der Waals surface area contributed by atoms with Gasteiger partial charge in [0.1, 0.15) is 0 Å². The highest BCUT2D eigenvalue weighted by Crippen LogP contribution is 2.38. The molecule has 1 aliphatic heterocycles. The molecule has 1 heterocycles. The van der Waals surface area contributed by atoms with Crippen LogP contribution in [0.1, 0.15) is 75.8 Å². The molecule has 4 unspecified atom stereocenters. The maximum Gasteiger partial charge on any atom is 0.303 e. The number of aliphatic hydroxyl groups is 1. The van der Waals surface area contributed by atoms with Crippen LogP contribution in [0.15, 0.2) is 42.5 Å². The second kappa shape index (κ2) is 11.3. The van der Waals surface area contributed by atoms with E-state index in [1.807, 2.05) is 23.1 Å². The molecule has 5 nitrogen and oxygen atoms in total. The fourth-order valence-electron chi connectivity index (χ4n) is 5.04. The number of carboxylic acids is 1. The van der Waals surface area contributed by atoms with Crippen LogP contribution in [0.2, 0.25) is 0 Å². The van der Waals surface area contributed by atoms with Crippen LogP contribution in [-0.2, 0) is 9.59 Å². The standard InChI is InChI=1S/C25H35NO4/c27-21-15-16-22(20(18-21)12-4-1-2-7-14-24(28)29)25(30)26-17-9-8-13-23(26)19-10-5-3-6-11-19/h3,5-6,8-11,20-23,27H,1-2,4,7,12-18H2,(H,28,29). The molecule has 1 saturated carbocycles. The summed E-state index contributed by atoms with van der Waals surface area (Å²) in [6, 6.07) is 10.4. The maximum atomic E-state index is 13.6. The van der Waals surface area contributed by atoms with Gasteiger partial charge in [0, 0.05) is 18.9 Å². The number of nitrogens with zero attached hydrogens (tertiary/aromatic N) is 1. The van der Waals surface area contributed by atoms with Crippen LogP contribution in [-0.4, -0.2) is 39.6 Å². The van der Waals surface area contributed by atoms with Gasteiger partial charge in [0.2, 0.25) is 5.91 Å². The van der Waals surface area contributed by atoms with Crippen molar-refractivity contribution >= 4 is 11.9 Å². The molecule has 0 aromatic heterocycles. The molecule has 0 spiro atoms. The summed E-state index contributed by atoms with van der Waals surface area (Å²) >= 11 is 0. The van der Waals surface area contributed by atoms with Crippen molar-refractivity contribution in [1.29, 1.82) is 0 Å². The number of aliphatic hydroxyl groups excluding tert-OH is 1. The Labute approximate surface area is 179 Å². The number of unbranched alkanes of at least 4 members (excludes halogenated alkanes) is 3. The Balaban J connectivity index is 1.61. The number of carboxylic acid groups (broad SMARTS) is 1. The summed E-state index contributed by atoms with van der Waals surface area (Å²) in [6.45, 7) is 0.652. The summed E-state index contributed by atoms with van der Waals surface area (Å²) in [7, 11) is 0. The first-order valence-electron chi connectivity index (χ1n) is 11.5. The second-order valence-electron chi connectivity index (χ2n) is 8.80. The smallest absolute Gasteiger partial charge is 0.303 e. The zero-order valence-corrected chi connectivity index (χ0v) is 17.8. The molecule has 1 aliphatic carbocycles. The lowest BCUT2D eigenvalue weighted by Gasteiger charge is -2.40. The van der Waals surface area contributed by atoms with E-state index in [2.05, 4.69) is 24.3 Å². The van der Waals surface area contributed by atoms with Crippen molar-refractivity contribution in [1.82, 2.24) is 4.90 Å². The lowest BCUT2D eigenvalue weighted by atomic mass is 9.74. The van der Waals surface area contributed by atoms with Crippen LogP contribution in [0.25, 0.3) is 0 Å². The Morgan fingerprint density at radius 3 is 2.53 bits per heavy atom. The van der Waals surface area contributed by atoms with Gasteiger partial charge in [-0.2, -0.15) is 0 Å². The topological polar surface area (TPSA) is 77.8 Å². The summed E-state index contributed by atoms with van der Waals surface area (Å²) in [4.78, 5) is 26.3. The average molecular weight is 414 g/mol. The van der Waals surface area contributed by atoms with E-state index < -0.39 is 5.97 Å². The molecule has 3 rings (SSSR count). The minimum atomic E-state index is -0.736. The van der Waals surface area contributed by atoms with Crippen LogP contribution >= 0.6 is 0 Å². The predicted molar refractivity (Wildman–Crippen MR) is 117 cm³/mol. The third kappa shape index (κ3) is 6.18. The summed E-state index contributed by atoms with van der Waals surface area (Å²) < 4.78 is 0. The molecular formula is C25H35NO4. The van der Waals surface area contributed by atoms with Crippen molar-refractivity contribution in [2.24, 2.45) is 11.8 Å². The molecule has 1 amide bonds. The fraction of sp³-hybridized carbons (Fsp3) is 0.600. The lowest BCUT2D eigenvalue weighted by molar-refractivity contribution is -0.142. The van der Waals surface area contributed by atoms with Gasteiger partial charge in [-0.25, -0.2) is 0 Å². The Kier molecular flexibility index (Phi) is 8.50. The lowest BCUT2D eigenvalue weighted by Crippen LogP contribution is -2.45. The molecule has 0 saturated heterocycles. The van der Waals surface area contributed by atoms with Gasteiger partial charge >= 0.3 is 5.97 Å². The summed E-state index contributed by atoms with van der Waals surface area (Å²) in [6.07, 6.45) is 11.7. The van der Waals surface area contributed by atoms with Gasteiger partial charge in [-0.05, 0) is 50.0 Å². The van der Waals surface area contributed by atoms with Gasteiger partial charge in [-0.15, -0.1) is 0 Å². The highest BCUT2D eigenvalue weighted by atomic mass is 16.4. The average Bonchev–Trinajstić information content (AvgIpc) is 2.76. The first-order chi connectivity index (χ1) is 14.6. The third-order valence-corrected chi connectivity index (χ3v) is 6.66. The molecule has 1 aromatic carbocycles. The number of amides is 1. The Bertz CT molecular complexity index is 717. The second-order valence-corrected chi connectivity index (χ2v) is 8.80. The highest BCUT2D eigenvalue weighted by molar-refractivity contribution is 5.80. The van der Waals surface area contributed by atoms with Gasteiger partial charge in [-0.1, -0.05) is 61.7 Å². The minimum Gasteiger partial charge on any atom is -0.481 e. The van der Waals surface area contributed by atoms with E-state index in [9.17, 15) is 14.7 Å². The molecule has 2 N–H and O–H groups in total. The molecule has 5 heteroatoms. The van der Waals surface area contributed by atoms with Gasteiger partial charge in [0.15, 0.2) is 0 Å². The molecule has 0 radical (unpaired) electrons. The molecule has 164 valence electrons. The number of carbonyl (C=O) groups is 2. The van der Waals surface area contributed by atoms with Crippen molar-refractivity contribution in [3.63, 3.8) is 0 Å². The summed E-state index contributed by atoms with van der Waals surface area (Å²) in [5, 5.41) is 19.0. The number of aliphatic carboxylic acids is 1. The zero-order valence-electron chi connectivity index (χ0n) is 17.8. The molecule has 30 heavy (non-hydrogen) atoms. The van der Waals surface area contributed by atoms with E-state index in [0.717, 1.165) is 38.5 Å². The van der Waals surface area contributed by atoms with Gasteiger partial charge in [0.25, 0.3) is 0 Å². The van der Waals surface area contributed by atoms with Crippen LogP contribution < -0.4 is 0 Å². The fourth-order valence-corrected chi connectivity index (χ4v) is 5.04. The number of benzene rings is 1. The quantitative estimate of drug-likeness (QED) is 0.454. The molecule has 1 fully saturated rings. The Morgan fingerprint density at radius 1 is 1.00 bits per heavy atom. The summed E-state index contributed by atoms with van der Waals surface area (Å²) in [5.74, 6) is -0.316. The van der Waals surface area contributed by atoms with E-state index in [1.165, 1.54) is 5.56 Å². The number of rotatable bonds is 9. The van der Waals surface area contributed by atoms with Crippen molar-refractivity contribution in [3.05, 3.63) is 48.0 Å².